The molecule has 1 aromatic rings. The average molecular weight is 216 g/mol. The van der Waals surface area contributed by atoms with Gasteiger partial charge in [-0.3, -0.25) is 9.78 Å². The van der Waals surface area contributed by atoms with Crippen molar-refractivity contribution in [1.29, 1.82) is 0 Å². The molecule has 1 rings (SSSR count). The summed E-state index contributed by atoms with van der Waals surface area (Å²) in [6.07, 6.45) is 4.41. The Morgan fingerprint density at radius 1 is 1.64 bits per heavy atom. The van der Waals surface area contributed by atoms with Crippen LogP contribution >= 0.6 is 15.9 Å². The quantitative estimate of drug-likeness (QED) is 0.580. The van der Waals surface area contributed by atoms with Crippen LogP contribution in [0.5, 0.6) is 0 Å². The standard InChI is InChI=1S/C6H6BrN3O/c7-4-10-6(11)5-3-8-1-2-9-5/h1-3H,4H2,(H,10,11). The summed E-state index contributed by atoms with van der Waals surface area (Å²) < 4.78 is 0. The Hall–Kier alpha value is -0.970. The number of carbonyl (C=O) groups is 1. The van der Waals surface area contributed by atoms with Gasteiger partial charge in [0, 0.05) is 12.4 Å². The van der Waals surface area contributed by atoms with E-state index in [4.69, 9.17) is 0 Å². The first-order chi connectivity index (χ1) is 5.34. The molecule has 5 heteroatoms. The van der Waals surface area contributed by atoms with Gasteiger partial charge in [0.05, 0.1) is 11.7 Å². The Morgan fingerprint density at radius 2 is 2.45 bits per heavy atom. The van der Waals surface area contributed by atoms with E-state index in [-0.39, 0.29) is 5.91 Å². The van der Waals surface area contributed by atoms with Crippen LogP contribution in [0.25, 0.3) is 0 Å². The lowest BCUT2D eigenvalue weighted by atomic mass is 10.4. The largest absolute Gasteiger partial charge is 0.341 e. The zero-order valence-corrected chi connectivity index (χ0v) is 7.21. The lowest BCUT2D eigenvalue weighted by molar-refractivity contribution is 0.0956. The van der Waals surface area contributed by atoms with Gasteiger partial charge >= 0.3 is 0 Å². The average Bonchev–Trinajstić information content (AvgIpc) is 2.07. The minimum absolute atomic E-state index is 0.227. The molecule has 0 aliphatic heterocycles. The van der Waals surface area contributed by atoms with Gasteiger partial charge in [-0.15, -0.1) is 0 Å². The first-order valence-corrected chi connectivity index (χ1v) is 4.07. The molecule has 1 N–H and O–H groups in total. The van der Waals surface area contributed by atoms with Crippen molar-refractivity contribution in [3.8, 4) is 0 Å². The summed E-state index contributed by atoms with van der Waals surface area (Å²) >= 11 is 3.07. The molecule has 0 aliphatic carbocycles. The maximum absolute atomic E-state index is 11.0. The summed E-state index contributed by atoms with van der Waals surface area (Å²) in [5.74, 6) is -0.227. The Bertz CT molecular complexity index is 239. The number of rotatable bonds is 2. The summed E-state index contributed by atoms with van der Waals surface area (Å²) in [7, 11) is 0. The molecule has 0 saturated carbocycles. The van der Waals surface area contributed by atoms with Gasteiger partial charge in [0.1, 0.15) is 5.69 Å². The molecule has 0 radical (unpaired) electrons. The van der Waals surface area contributed by atoms with Crippen molar-refractivity contribution in [3.63, 3.8) is 0 Å². The minimum Gasteiger partial charge on any atom is -0.341 e. The third-order valence-electron chi connectivity index (χ3n) is 1.02. The van der Waals surface area contributed by atoms with Crippen LogP contribution in [-0.4, -0.2) is 21.3 Å². The van der Waals surface area contributed by atoms with Gasteiger partial charge in [-0.1, -0.05) is 15.9 Å². The molecule has 0 bridgehead atoms. The zero-order valence-electron chi connectivity index (χ0n) is 5.62. The SMILES string of the molecule is O=C(NCBr)c1cnccn1. The fourth-order valence-corrected chi connectivity index (χ4v) is 0.822. The molecule has 1 aromatic heterocycles. The van der Waals surface area contributed by atoms with Crippen molar-refractivity contribution in [2.24, 2.45) is 0 Å². The van der Waals surface area contributed by atoms with Crippen LogP contribution in [-0.2, 0) is 0 Å². The van der Waals surface area contributed by atoms with E-state index in [1.54, 1.807) is 0 Å². The molecule has 0 aromatic carbocycles. The monoisotopic (exact) mass is 215 g/mol. The predicted octanol–water partition coefficient (Wildman–Crippen LogP) is 0.559. The van der Waals surface area contributed by atoms with Gasteiger partial charge < -0.3 is 5.32 Å². The Balaban J connectivity index is 2.69. The van der Waals surface area contributed by atoms with E-state index in [2.05, 4.69) is 31.2 Å². The summed E-state index contributed by atoms with van der Waals surface area (Å²) in [6, 6.07) is 0. The molecule has 4 nitrogen and oxygen atoms in total. The molecule has 0 atom stereocenters. The van der Waals surface area contributed by atoms with Crippen LogP contribution in [0.15, 0.2) is 18.6 Å². The van der Waals surface area contributed by atoms with Crippen LogP contribution in [0, 0.1) is 0 Å². The van der Waals surface area contributed by atoms with E-state index < -0.39 is 0 Å². The van der Waals surface area contributed by atoms with Gasteiger partial charge in [-0.05, 0) is 0 Å². The maximum atomic E-state index is 11.0. The van der Waals surface area contributed by atoms with Crippen LogP contribution in [0.1, 0.15) is 10.5 Å². The number of hydrogen-bond donors (Lipinski definition) is 1. The lowest BCUT2D eigenvalue weighted by Gasteiger charge is -1.97. The molecule has 0 unspecified atom stereocenters. The molecule has 58 valence electrons. The number of aromatic nitrogens is 2. The Kier molecular flexibility index (Phi) is 2.97. The highest BCUT2D eigenvalue weighted by atomic mass is 79.9. The first-order valence-electron chi connectivity index (χ1n) is 2.95. The van der Waals surface area contributed by atoms with Crippen LogP contribution < -0.4 is 5.32 Å². The molecule has 0 aliphatic rings. The highest BCUT2D eigenvalue weighted by Crippen LogP contribution is 1.89. The fourth-order valence-electron chi connectivity index (χ4n) is 0.568. The second-order valence-electron chi connectivity index (χ2n) is 1.73. The number of nitrogens with zero attached hydrogens (tertiary/aromatic N) is 2. The Morgan fingerprint density at radius 3 is 3.00 bits per heavy atom. The van der Waals surface area contributed by atoms with Crippen molar-refractivity contribution in [3.05, 3.63) is 24.3 Å². The number of alkyl halides is 1. The molecular formula is C6H6BrN3O. The molecule has 11 heavy (non-hydrogen) atoms. The summed E-state index contributed by atoms with van der Waals surface area (Å²) in [6.45, 7) is 0. The maximum Gasteiger partial charge on any atom is 0.272 e. The molecular weight excluding hydrogens is 210 g/mol. The van der Waals surface area contributed by atoms with Crippen molar-refractivity contribution in [2.45, 2.75) is 0 Å². The second-order valence-corrected chi connectivity index (χ2v) is 2.29. The number of halogens is 1. The predicted molar refractivity (Wildman–Crippen MR) is 43.3 cm³/mol. The zero-order chi connectivity index (χ0) is 8.10. The molecule has 0 saturated heterocycles. The Labute approximate surface area is 72.2 Å². The molecule has 1 amide bonds. The van der Waals surface area contributed by atoms with Crippen LogP contribution in [0.3, 0.4) is 0 Å². The fraction of sp³-hybridized carbons (Fsp3) is 0.167. The third-order valence-corrected chi connectivity index (χ3v) is 1.30. The third kappa shape index (κ3) is 2.27. The highest BCUT2D eigenvalue weighted by molar-refractivity contribution is 9.09. The van der Waals surface area contributed by atoms with Crippen molar-refractivity contribution >= 4 is 21.8 Å². The van der Waals surface area contributed by atoms with Crippen molar-refractivity contribution < 1.29 is 4.79 Å². The van der Waals surface area contributed by atoms with Crippen LogP contribution in [0.4, 0.5) is 0 Å². The van der Waals surface area contributed by atoms with Gasteiger partial charge in [0.15, 0.2) is 0 Å². The number of nitrogens with one attached hydrogen (secondary N) is 1. The van der Waals surface area contributed by atoms with Gasteiger partial charge in [0.25, 0.3) is 5.91 Å². The van der Waals surface area contributed by atoms with Crippen molar-refractivity contribution in [2.75, 3.05) is 5.45 Å². The topological polar surface area (TPSA) is 54.9 Å². The van der Waals surface area contributed by atoms with Gasteiger partial charge in [0.2, 0.25) is 0 Å². The highest BCUT2D eigenvalue weighted by Gasteiger charge is 2.03. The molecule has 0 spiro atoms. The lowest BCUT2D eigenvalue weighted by Crippen LogP contribution is -2.22. The second kappa shape index (κ2) is 4.02. The van der Waals surface area contributed by atoms with Crippen LogP contribution in [0.2, 0.25) is 0 Å². The van der Waals surface area contributed by atoms with Crippen molar-refractivity contribution in [1.82, 2.24) is 15.3 Å². The van der Waals surface area contributed by atoms with E-state index in [0.29, 0.717) is 11.1 Å². The van der Waals surface area contributed by atoms with E-state index in [1.165, 1.54) is 18.6 Å². The first kappa shape index (κ1) is 8.13. The molecule has 0 fully saturated rings. The minimum atomic E-state index is -0.227. The van der Waals surface area contributed by atoms with Gasteiger partial charge in [-0.2, -0.15) is 0 Å². The van der Waals surface area contributed by atoms with Gasteiger partial charge in [-0.25, -0.2) is 4.98 Å². The molecule has 1 heterocycles. The summed E-state index contributed by atoms with van der Waals surface area (Å²) in [5, 5.41) is 2.54. The van der Waals surface area contributed by atoms with E-state index in [9.17, 15) is 4.79 Å². The number of hydrogen-bond acceptors (Lipinski definition) is 3. The van der Waals surface area contributed by atoms with E-state index in [0.717, 1.165) is 0 Å². The normalized spacial score (nSPS) is 9.18. The van der Waals surface area contributed by atoms with E-state index in [1.807, 2.05) is 0 Å². The summed E-state index contributed by atoms with van der Waals surface area (Å²) in [4.78, 5) is 18.6. The smallest absolute Gasteiger partial charge is 0.272 e. The summed E-state index contributed by atoms with van der Waals surface area (Å²) in [5.41, 5.74) is 0.745. The number of carbonyl (C=O) groups excluding carboxylic acids is 1. The van der Waals surface area contributed by atoms with E-state index >= 15 is 0 Å². The number of amides is 1.